The number of hydrogen-bond donors (Lipinski definition) is 1. The number of piperidine rings is 1. The number of methoxy groups -OCH3 is 1. The van der Waals surface area contributed by atoms with E-state index in [1.165, 1.54) is 5.56 Å². The molecule has 0 spiro atoms. The summed E-state index contributed by atoms with van der Waals surface area (Å²) >= 11 is 0. The molecule has 1 amide bonds. The first-order valence-corrected chi connectivity index (χ1v) is 9.15. The van der Waals surface area contributed by atoms with Crippen molar-refractivity contribution in [2.24, 2.45) is 0 Å². The molecule has 1 aromatic carbocycles. The van der Waals surface area contributed by atoms with Gasteiger partial charge in [0.05, 0.1) is 17.6 Å². The summed E-state index contributed by atoms with van der Waals surface area (Å²) in [4.78, 5) is 15.4. The summed E-state index contributed by atoms with van der Waals surface area (Å²) < 4.78 is 10.7. The SMILES string of the molecule is COCC1(O)CCN(C(=O)C2(c3ccc(C)cc3)CCOCC2)CC1. The van der Waals surface area contributed by atoms with E-state index in [4.69, 9.17) is 9.47 Å². The van der Waals surface area contributed by atoms with Gasteiger partial charge in [0, 0.05) is 33.4 Å². The predicted octanol–water partition coefficient (Wildman–Crippen LogP) is 2.04. The highest BCUT2D eigenvalue weighted by molar-refractivity contribution is 5.88. The maximum absolute atomic E-state index is 13.5. The highest BCUT2D eigenvalue weighted by Crippen LogP contribution is 2.38. The van der Waals surface area contributed by atoms with E-state index in [1.807, 2.05) is 4.90 Å². The molecule has 0 unspecified atom stereocenters. The Bertz CT molecular complexity index is 584. The maximum Gasteiger partial charge on any atom is 0.233 e. The molecule has 5 nitrogen and oxygen atoms in total. The van der Waals surface area contributed by atoms with Gasteiger partial charge < -0.3 is 19.5 Å². The molecule has 0 bridgehead atoms. The van der Waals surface area contributed by atoms with Crippen LogP contribution in [0.15, 0.2) is 24.3 Å². The number of ether oxygens (including phenoxy) is 2. The fourth-order valence-electron chi connectivity index (χ4n) is 4.06. The minimum Gasteiger partial charge on any atom is -0.387 e. The number of benzene rings is 1. The van der Waals surface area contributed by atoms with Gasteiger partial charge in [-0.2, -0.15) is 0 Å². The van der Waals surface area contributed by atoms with E-state index in [-0.39, 0.29) is 5.91 Å². The van der Waals surface area contributed by atoms with Crippen molar-refractivity contribution >= 4 is 5.91 Å². The number of rotatable bonds is 4. The first-order chi connectivity index (χ1) is 12.0. The molecule has 5 heteroatoms. The number of carbonyl (C=O) groups excluding carboxylic acids is 1. The van der Waals surface area contributed by atoms with Crippen molar-refractivity contribution < 1.29 is 19.4 Å². The smallest absolute Gasteiger partial charge is 0.233 e. The lowest BCUT2D eigenvalue weighted by molar-refractivity contribution is -0.147. The minimum absolute atomic E-state index is 0.180. The first kappa shape index (κ1) is 18.4. The number of nitrogens with zero attached hydrogens (tertiary/aromatic N) is 1. The number of aryl methyl sites for hydroxylation is 1. The number of carbonyl (C=O) groups is 1. The van der Waals surface area contributed by atoms with Crippen LogP contribution in [0.3, 0.4) is 0 Å². The Morgan fingerprint density at radius 2 is 1.76 bits per heavy atom. The fourth-order valence-corrected chi connectivity index (χ4v) is 4.06. The fraction of sp³-hybridized carbons (Fsp3) is 0.650. The highest BCUT2D eigenvalue weighted by atomic mass is 16.5. The molecule has 1 N–H and O–H groups in total. The summed E-state index contributed by atoms with van der Waals surface area (Å²) in [5.74, 6) is 0.180. The van der Waals surface area contributed by atoms with Crippen LogP contribution < -0.4 is 0 Å². The van der Waals surface area contributed by atoms with Gasteiger partial charge in [-0.05, 0) is 38.2 Å². The summed E-state index contributed by atoms with van der Waals surface area (Å²) in [7, 11) is 1.60. The summed E-state index contributed by atoms with van der Waals surface area (Å²) in [5, 5.41) is 10.5. The van der Waals surface area contributed by atoms with Crippen LogP contribution in [0.4, 0.5) is 0 Å². The summed E-state index contributed by atoms with van der Waals surface area (Å²) in [6.07, 6.45) is 2.56. The van der Waals surface area contributed by atoms with Gasteiger partial charge in [-0.1, -0.05) is 29.8 Å². The Labute approximate surface area is 149 Å². The van der Waals surface area contributed by atoms with E-state index in [0.29, 0.717) is 58.6 Å². The Hall–Kier alpha value is -1.43. The summed E-state index contributed by atoms with van der Waals surface area (Å²) in [6.45, 7) is 4.76. The molecule has 138 valence electrons. The van der Waals surface area contributed by atoms with Crippen molar-refractivity contribution in [3.8, 4) is 0 Å². The molecule has 25 heavy (non-hydrogen) atoms. The molecule has 2 fully saturated rings. The summed E-state index contributed by atoms with van der Waals surface area (Å²) in [6, 6.07) is 8.33. The third-order valence-corrected chi connectivity index (χ3v) is 5.75. The van der Waals surface area contributed by atoms with Crippen molar-refractivity contribution in [1.82, 2.24) is 4.90 Å². The third-order valence-electron chi connectivity index (χ3n) is 5.75. The standard InChI is InChI=1S/C20H29NO4/c1-16-3-5-17(6-4-16)20(9-13-25-14-10-20)18(22)21-11-7-19(23,8-12-21)15-24-2/h3-6,23H,7-15H2,1-2H3. The van der Waals surface area contributed by atoms with Crippen molar-refractivity contribution in [1.29, 1.82) is 0 Å². The molecule has 2 heterocycles. The van der Waals surface area contributed by atoms with E-state index in [9.17, 15) is 9.90 Å². The van der Waals surface area contributed by atoms with Crippen molar-refractivity contribution in [2.45, 2.75) is 43.6 Å². The molecule has 0 radical (unpaired) electrons. The van der Waals surface area contributed by atoms with Crippen LogP contribution in [0.1, 0.15) is 36.8 Å². The molecule has 2 aliphatic heterocycles. The topological polar surface area (TPSA) is 59.0 Å². The zero-order valence-electron chi connectivity index (χ0n) is 15.3. The zero-order chi connectivity index (χ0) is 17.9. The second-order valence-corrected chi connectivity index (χ2v) is 7.51. The van der Waals surface area contributed by atoms with Gasteiger partial charge in [0.15, 0.2) is 0 Å². The molecule has 2 saturated heterocycles. The van der Waals surface area contributed by atoms with E-state index in [2.05, 4.69) is 31.2 Å². The molecule has 0 saturated carbocycles. The number of amides is 1. The lowest BCUT2D eigenvalue weighted by Gasteiger charge is -2.44. The average molecular weight is 347 g/mol. The van der Waals surface area contributed by atoms with Gasteiger partial charge >= 0.3 is 0 Å². The first-order valence-electron chi connectivity index (χ1n) is 9.15. The lowest BCUT2D eigenvalue weighted by atomic mass is 9.72. The average Bonchev–Trinajstić information content (AvgIpc) is 2.63. The Kier molecular flexibility index (Phi) is 5.46. The van der Waals surface area contributed by atoms with Crippen LogP contribution in [0, 0.1) is 6.92 Å². The molecule has 0 aliphatic carbocycles. The van der Waals surface area contributed by atoms with Crippen LogP contribution in [0.2, 0.25) is 0 Å². The molecule has 2 aliphatic rings. The van der Waals surface area contributed by atoms with Gasteiger partial charge in [0.1, 0.15) is 0 Å². The molecule has 3 rings (SSSR count). The molecular weight excluding hydrogens is 318 g/mol. The lowest BCUT2D eigenvalue weighted by Crippen LogP contribution is -2.55. The monoisotopic (exact) mass is 347 g/mol. The summed E-state index contributed by atoms with van der Waals surface area (Å²) in [5.41, 5.74) is 0.978. The second-order valence-electron chi connectivity index (χ2n) is 7.51. The molecule has 0 atom stereocenters. The van der Waals surface area contributed by atoms with E-state index < -0.39 is 11.0 Å². The van der Waals surface area contributed by atoms with Gasteiger partial charge in [-0.15, -0.1) is 0 Å². The second kappa shape index (κ2) is 7.44. The Balaban J connectivity index is 1.80. The van der Waals surface area contributed by atoms with Gasteiger partial charge in [-0.3, -0.25) is 4.79 Å². The van der Waals surface area contributed by atoms with Gasteiger partial charge in [0.25, 0.3) is 0 Å². The van der Waals surface area contributed by atoms with Crippen LogP contribution in [-0.2, 0) is 19.7 Å². The number of likely N-dealkylation sites (tertiary alicyclic amines) is 1. The van der Waals surface area contributed by atoms with Crippen LogP contribution in [0.5, 0.6) is 0 Å². The van der Waals surface area contributed by atoms with Crippen molar-refractivity contribution in [3.05, 3.63) is 35.4 Å². The van der Waals surface area contributed by atoms with Crippen molar-refractivity contribution in [2.75, 3.05) is 40.0 Å². The quantitative estimate of drug-likeness (QED) is 0.906. The largest absolute Gasteiger partial charge is 0.387 e. The molecular formula is C20H29NO4. The highest BCUT2D eigenvalue weighted by Gasteiger charge is 2.45. The maximum atomic E-state index is 13.5. The Morgan fingerprint density at radius 1 is 1.16 bits per heavy atom. The zero-order valence-corrected chi connectivity index (χ0v) is 15.3. The van der Waals surface area contributed by atoms with E-state index in [1.54, 1.807) is 7.11 Å². The molecule has 1 aromatic rings. The van der Waals surface area contributed by atoms with Crippen LogP contribution in [-0.4, -0.2) is 61.5 Å². The van der Waals surface area contributed by atoms with E-state index in [0.717, 1.165) is 5.56 Å². The molecule has 0 aromatic heterocycles. The van der Waals surface area contributed by atoms with Gasteiger partial charge in [0.2, 0.25) is 5.91 Å². The van der Waals surface area contributed by atoms with Crippen molar-refractivity contribution in [3.63, 3.8) is 0 Å². The third kappa shape index (κ3) is 3.73. The van der Waals surface area contributed by atoms with Crippen LogP contribution in [0.25, 0.3) is 0 Å². The number of hydrogen-bond acceptors (Lipinski definition) is 4. The van der Waals surface area contributed by atoms with Gasteiger partial charge in [-0.25, -0.2) is 0 Å². The predicted molar refractivity (Wildman–Crippen MR) is 95.5 cm³/mol. The van der Waals surface area contributed by atoms with E-state index >= 15 is 0 Å². The van der Waals surface area contributed by atoms with Crippen LogP contribution >= 0.6 is 0 Å². The number of aliphatic hydroxyl groups is 1. The normalized spacial score (nSPS) is 22.6. The Morgan fingerprint density at radius 3 is 2.32 bits per heavy atom. The minimum atomic E-state index is -0.807.